The highest BCUT2D eigenvalue weighted by Gasteiger charge is 2.24. The number of hydrogen-bond acceptors (Lipinski definition) is 3. The number of Topliss-reactive ketones (excluding diaryl/α,β-unsaturated/α-hetero) is 1. The van der Waals surface area contributed by atoms with E-state index in [9.17, 15) is 9.18 Å². The molecule has 0 radical (unpaired) electrons. The Balaban J connectivity index is 1.97. The second kappa shape index (κ2) is 5.70. The van der Waals surface area contributed by atoms with Gasteiger partial charge in [0.2, 0.25) is 0 Å². The summed E-state index contributed by atoms with van der Waals surface area (Å²) >= 11 is 0. The number of hydrogen-bond donors (Lipinski definition) is 1. The lowest BCUT2D eigenvalue weighted by Gasteiger charge is -2.27. The van der Waals surface area contributed by atoms with Crippen LogP contribution in [-0.4, -0.2) is 24.5 Å². The minimum atomic E-state index is -0.254. The summed E-state index contributed by atoms with van der Waals surface area (Å²) in [6.45, 7) is 5.98. The number of ketones is 1. The van der Waals surface area contributed by atoms with Gasteiger partial charge < -0.3 is 10.1 Å². The molecule has 1 aromatic rings. The zero-order valence-electron chi connectivity index (χ0n) is 11.6. The molecule has 0 aromatic heterocycles. The third kappa shape index (κ3) is 3.53. The summed E-state index contributed by atoms with van der Waals surface area (Å²) in [6.07, 6.45) is 1.06. The first-order valence-electron chi connectivity index (χ1n) is 6.63. The van der Waals surface area contributed by atoms with Gasteiger partial charge in [0.1, 0.15) is 24.0 Å². The minimum Gasteiger partial charge on any atom is -0.492 e. The van der Waals surface area contributed by atoms with Crippen LogP contribution in [0.2, 0.25) is 0 Å². The van der Waals surface area contributed by atoms with Gasteiger partial charge in [0, 0.05) is 31.0 Å². The van der Waals surface area contributed by atoms with Crippen LogP contribution in [0.5, 0.6) is 5.75 Å². The molecule has 0 saturated carbocycles. The zero-order valence-corrected chi connectivity index (χ0v) is 11.6. The van der Waals surface area contributed by atoms with Crippen LogP contribution in [0, 0.1) is 19.7 Å². The van der Waals surface area contributed by atoms with Crippen molar-refractivity contribution in [2.75, 3.05) is 6.61 Å². The van der Waals surface area contributed by atoms with E-state index in [2.05, 4.69) is 5.32 Å². The Bertz CT molecular complexity index is 464. The smallest absolute Gasteiger partial charge is 0.136 e. The SMILES string of the molecule is Cc1cc(OC[C@@H]2CC(=O)C[C@H](C)N2)cc(F)c1C. The fourth-order valence-electron chi connectivity index (χ4n) is 2.39. The molecule has 3 nitrogen and oxygen atoms in total. The summed E-state index contributed by atoms with van der Waals surface area (Å²) in [5.74, 6) is 0.523. The predicted molar refractivity (Wildman–Crippen MR) is 72.0 cm³/mol. The minimum absolute atomic E-state index is 0.0147. The van der Waals surface area contributed by atoms with Crippen molar-refractivity contribution in [3.63, 3.8) is 0 Å². The lowest BCUT2D eigenvalue weighted by Crippen LogP contribution is -2.47. The van der Waals surface area contributed by atoms with Crippen LogP contribution in [0.4, 0.5) is 4.39 Å². The van der Waals surface area contributed by atoms with Crippen LogP contribution in [0.3, 0.4) is 0 Å². The second-order valence-corrected chi connectivity index (χ2v) is 5.37. The van der Waals surface area contributed by atoms with Gasteiger partial charge in [-0.25, -0.2) is 4.39 Å². The Hall–Kier alpha value is -1.42. The van der Waals surface area contributed by atoms with Crippen LogP contribution in [0.25, 0.3) is 0 Å². The lowest BCUT2D eigenvalue weighted by atomic mass is 9.99. The van der Waals surface area contributed by atoms with E-state index in [1.54, 1.807) is 6.92 Å². The average Bonchev–Trinajstić information content (AvgIpc) is 2.32. The van der Waals surface area contributed by atoms with E-state index in [1.807, 2.05) is 19.9 Å². The maximum atomic E-state index is 13.6. The number of ether oxygens (including phenoxy) is 1. The molecule has 1 heterocycles. The van der Waals surface area contributed by atoms with Gasteiger partial charge >= 0.3 is 0 Å². The standard InChI is InChI=1S/C15H20FNO2/c1-9-4-14(7-15(16)11(9)3)19-8-12-6-13(18)5-10(2)17-12/h4,7,10,12,17H,5-6,8H2,1-3H3/t10-,12-/m0/s1. The van der Waals surface area contributed by atoms with Gasteiger partial charge in [0.05, 0.1) is 0 Å². The molecular formula is C15H20FNO2. The Morgan fingerprint density at radius 3 is 2.74 bits per heavy atom. The van der Waals surface area contributed by atoms with Crippen molar-refractivity contribution in [3.05, 3.63) is 29.1 Å². The predicted octanol–water partition coefficient (Wildman–Crippen LogP) is 2.53. The third-order valence-corrected chi connectivity index (χ3v) is 3.56. The average molecular weight is 265 g/mol. The van der Waals surface area contributed by atoms with Gasteiger partial charge in [-0.1, -0.05) is 0 Å². The van der Waals surface area contributed by atoms with E-state index in [0.29, 0.717) is 30.8 Å². The van der Waals surface area contributed by atoms with Crippen molar-refractivity contribution in [2.45, 2.75) is 45.7 Å². The van der Waals surface area contributed by atoms with Crippen LogP contribution >= 0.6 is 0 Å². The van der Waals surface area contributed by atoms with E-state index in [1.165, 1.54) is 6.07 Å². The van der Waals surface area contributed by atoms with Crippen molar-refractivity contribution < 1.29 is 13.9 Å². The number of carbonyl (C=O) groups excluding carboxylic acids is 1. The number of carbonyl (C=O) groups is 1. The Morgan fingerprint density at radius 1 is 1.37 bits per heavy atom. The van der Waals surface area contributed by atoms with Crippen molar-refractivity contribution in [1.29, 1.82) is 0 Å². The van der Waals surface area contributed by atoms with Crippen molar-refractivity contribution in [3.8, 4) is 5.75 Å². The number of rotatable bonds is 3. The van der Waals surface area contributed by atoms with Gasteiger partial charge in [-0.2, -0.15) is 0 Å². The first-order valence-corrected chi connectivity index (χ1v) is 6.63. The van der Waals surface area contributed by atoms with Crippen molar-refractivity contribution in [1.82, 2.24) is 5.32 Å². The molecule has 1 aliphatic heterocycles. The van der Waals surface area contributed by atoms with Crippen LogP contribution in [0.1, 0.15) is 30.9 Å². The fourth-order valence-corrected chi connectivity index (χ4v) is 2.39. The van der Waals surface area contributed by atoms with Gasteiger partial charge in [-0.05, 0) is 38.0 Å². The highest BCUT2D eigenvalue weighted by Crippen LogP contribution is 2.21. The van der Waals surface area contributed by atoms with Gasteiger partial charge in [0.25, 0.3) is 0 Å². The number of benzene rings is 1. The largest absolute Gasteiger partial charge is 0.492 e. The Morgan fingerprint density at radius 2 is 2.11 bits per heavy atom. The quantitative estimate of drug-likeness (QED) is 0.912. The van der Waals surface area contributed by atoms with Gasteiger partial charge in [-0.15, -0.1) is 0 Å². The fraction of sp³-hybridized carbons (Fsp3) is 0.533. The van der Waals surface area contributed by atoms with Crippen LogP contribution < -0.4 is 10.1 Å². The molecule has 4 heteroatoms. The molecule has 2 rings (SSSR count). The summed E-state index contributed by atoms with van der Waals surface area (Å²) in [6, 6.07) is 3.43. The molecule has 1 fully saturated rings. The molecule has 0 bridgehead atoms. The first kappa shape index (κ1) is 14.0. The highest BCUT2D eigenvalue weighted by molar-refractivity contribution is 5.80. The highest BCUT2D eigenvalue weighted by atomic mass is 19.1. The molecule has 1 saturated heterocycles. The molecule has 0 amide bonds. The number of halogens is 1. The molecule has 0 unspecified atom stereocenters. The maximum absolute atomic E-state index is 13.6. The molecule has 2 atom stereocenters. The van der Waals surface area contributed by atoms with Crippen LogP contribution in [0.15, 0.2) is 12.1 Å². The molecule has 1 N–H and O–H groups in total. The summed E-state index contributed by atoms with van der Waals surface area (Å²) in [5.41, 5.74) is 1.52. The zero-order chi connectivity index (χ0) is 14.0. The molecule has 0 aliphatic carbocycles. The van der Waals surface area contributed by atoms with Crippen molar-refractivity contribution >= 4 is 5.78 Å². The first-order chi connectivity index (χ1) is 8.95. The number of piperidine rings is 1. The molecular weight excluding hydrogens is 245 g/mol. The lowest BCUT2D eigenvalue weighted by molar-refractivity contribution is -0.121. The normalized spacial score (nSPS) is 23.5. The summed E-state index contributed by atoms with van der Waals surface area (Å²) in [5, 5.41) is 3.32. The molecule has 1 aliphatic rings. The van der Waals surface area contributed by atoms with Gasteiger partial charge in [0.15, 0.2) is 0 Å². The molecule has 0 spiro atoms. The molecule has 104 valence electrons. The van der Waals surface area contributed by atoms with E-state index in [0.717, 1.165) is 5.56 Å². The number of aryl methyl sites for hydroxylation is 1. The molecule has 1 aromatic carbocycles. The monoisotopic (exact) mass is 265 g/mol. The summed E-state index contributed by atoms with van der Waals surface area (Å²) < 4.78 is 19.2. The van der Waals surface area contributed by atoms with Gasteiger partial charge in [-0.3, -0.25) is 4.79 Å². The third-order valence-electron chi connectivity index (χ3n) is 3.56. The van der Waals surface area contributed by atoms with E-state index >= 15 is 0 Å². The van der Waals surface area contributed by atoms with Crippen molar-refractivity contribution in [2.24, 2.45) is 0 Å². The van der Waals surface area contributed by atoms with E-state index in [-0.39, 0.29) is 23.7 Å². The molecule has 19 heavy (non-hydrogen) atoms. The van der Waals surface area contributed by atoms with E-state index in [4.69, 9.17) is 4.74 Å². The summed E-state index contributed by atoms with van der Waals surface area (Å²) in [7, 11) is 0. The topological polar surface area (TPSA) is 38.3 Å². The second-order valence-electron chi connectivity index (χ2n) is 5.37. The Labute approximate surface area is 113 Å². The summed E-state index contributed by atoms with van der Waals surface area (Å²) in [4.78, 5) is 11.5. The maximum Gasteiger partial charge on any atom is 0.136 e. The number of nitrogens with one attached hydrogen (secondary N) is 1. The van der Waals surface area contributed by atoms with E-state index < -0.39 is 0 Å². The Kier molecular flexibility index (Phi) is 4.20. The van der Waals surface area contributed by atoms with Crippen LogP contribution in [-0.2, 0) is 4.79 Å².